The van der Waals surface area contributed by atoms with Crippen LogP contribution in [0.25, 0.3) is 6.08 Å². The monoisotopic (exact) mass is 519 g/mol. The molecule has 0 spiro atoms. The fourth-order valence-electron chi connectivity index (χ4n) is 3.13. The quantitative estimate of drug-likeness (QED) is 0.256. The lowest BCUT2D eigenvalue weighted by Crippen LogP contribution is -2.27. The first-order valence-electron chi connectivity index (χ1n) is 9.64. The van der Waals surface area contributed by atoms with Crippen molar-refractivity contribution < 1.29 is 18.7 Å². The van der Waals surface area contributed by atoms with E-state index in [1.54, 1.807) is 60.7 Å². The summed E-state index contributed by atoms with van der Waals surface area (Å²) in [4.78, 5) is 14.9. The number of thioether (sulfide) groups is 1. The molecule has 1 aliphatic heterocycles. The average Bonchev–Trinajstić information content (AvgIpc) is 3.08. The third-order valence-corrected chi connectivity index (χ3v) is 6.82. The van der Waals surface area contributed by atoms with Gasteiger partial charge in [-0.25, -0.2) is 4.39 Å². The molecule has 0 aromatic heterocycles. The van der Waals surface area contributed by atoms with Gasteiger partial charge in [0, 0.05) is 5.56 Å². The van der Waals surface area contributed by atoms with Crippen LogP contribution in [0.4, 0.5) is 10.1 Å². The Balaban J connectivity index is 1.55. The Morgan fingerprint density at radius 1 is 1.06 bits per heavy atom. The Labute approximate surface area is 209 Å². The molecule has 0 radical (unpaired) electrons. The molecule has 1 saturated heterocycles. The van der Waals surface area contributed by atoms with Crippen molar-refractivity contribution in [3.8, 4) is 11.5 Å². The summed E-state index contributed by atoms with van der Waals surface area (Å²) in [6.45, 7) is 0.0602. The molecule has 1 heterocycles. The molecule has 9 heteroatoms. The number of amides is 1. The number of thiocarbonyl (C=S) groups is 1. The molecule has 1 fully saturated rings. The Hall–Kier alpha value is -2.58. The second kappa shape index (κ2) is 10.1. The molecule has 3 aromatic carbocycles. The SMILES string of the molecule is COc1cc(/C=C2\SC(=S)N(c3ccc(Cl)c(Cl)c3)C2=O)ccc1OCc1ccccc1F. The van der Waals surface area contributed by atoms with Crippen molar-refractivity contribution in [2.45, 2.75) is 6.61 Å². The molecule has 4 rings (SSSR count). The van der Waals surface area contributed by atoms with E-state index in [4.69, 9.17) is 44.9 Å². The second-order valence-electron chi connectivity index (χ2n) is 6.91. The highest BCUT2D eigenvalue weighted by Gasteiger charge is 2.33. The molecule has 1 aliphatic rings. The summed E-state index contributed by atoms with van der Waals surface area (Å²) in [7, 11) is 1.51. The lowest BCUT2D eigenvalue weighted by molar-refractivity contribution is -0.113. The number of halogens is 3. The highest BCUT2D eigenvalue weighted by molar-refractivity contribution is 8.27. The van der Waals surface area contributed by atoms with Gasteiger partial charge in [0.25, 0.3) is 5.91 Å². The highest BCUT2D eigenvalue weighted by Crippen LogP contribution is 2.39. The van der Waals surface area contributed by atoms with Crippen molar-refractivity contribution in [3.05, 3.63) is 92.6 Å². The first-order chi connectivity index (χ1) is 15.9. The van der Waals surface area contributed by atoms with E-state index in [2.05, 4.69) is 0 Å². The van der Waals surface area contributed by atoms with Crippen molar-refractivity contribution in [1.29, 1.82) is 0 Å². The van der Waals surface area contributed by atoms with Crippen LogP contribution in [0.3, 0.4) is 0 Å². The standard InChI is InChI=1S/C24H16Cl2FNO3S2/c1-30-21-10-14(6-9-20(21)31-13-15-4-2-3-5-19(15)27)11-22-23(29)28(24(32)33-22)16-7-8-17(25)18(26)12-16/h2-12H,13H2,1H3/b22-11-. The summed E-state index contributed by atoms with van der Waals surface area (Å²) in [5.74, 6) is 0.320. The zero-order valence-electron chi connectivity index (χ0n) is 17.2. The fourth-order valence-corrected chi connectivity index (χ4v) is 4.72. The number of carbonyl (C=O) groups excluding carboxylic acids is 1. The van der Waals surface area contributed by atoms with Gasteiger partial charge in [0.1, 0.15) is 12.4 Å². The molecule has 0 bridgehead atoms. The van der Waals surface area contributed by atoms with Crippen LogP contribution in [-0.4, -0.2) is 17.3 Å². The van der Waals surface area contributed by atoms with Gasteiger partial charge in [-0.15, -0.1) is 0 Å². The summed E-state index contributed by atoms with van der Waals surface area (Å²) >= 11 is 18.7. The minimum atomic E-state index is -0.336. The van der Waals surface area contributed by atoms with Crippen LogP contribution in [0.15, 0.2) is 65.6 Å². The maximum atomic E-state index is 13.8. The number of methoxy groups -OCH3 is 1. The smallest absolute Gasteiger partial charge is 0.270 e. The first-order valence-corrected chi connectivity index (χ1v) is 11.6. The third-order valence-electron chi connectivity index (χ3n) is 4.78. The van der Waals surface area contributed by atoms with Gasteiger partial charge in [0.15, 0.2) is 15.8 Å². The number of nitrogens with zero attached hydrogens (tertiary/aromatic N) is 1. The van der Waals surface area contributed by atoms with Gasteiger partial charge in [-0.1, -0.05) is 71.4 Å². The number of hydrogen-bond donors (Lipinski definition) is 0. The summed E-state index contributed by atoms with van der Waals surface area (Å²) < 4.78 is 25.4. The van der Waals surface area contributed by atoms with Gasteiger partial charge >= 0.3 is 0 Å². The molecule has 0 atom stereocenters. The zero-order valence-corrected chi connectivity index (χ0v) is 20.3. The Morgan fingerprint density at radius 3 is 2.58 bits per heavy atom. The van der Waals surface area contributed by atoms with Gasteiger partial charge < -0.3 is 9.47 Å². The normalized spacial score (nSPS) is 14.8. The molecule has 3 aromatic rings. The number of anilines is 1. The summed E-state index contributed by atoms with van der Waals surface area (Å²) in [6, 6.07) is 16.5. The van der Waals surface area contributed by atoms with Gasteiger partial charge in [-0.2, -0.15) is 0 Å². The number of rotatable bonds is 6. The van der Waals surface area contributed by atoms with Crippen LogP contribution >= 0.6 is 47.2 Å². The predicted octanol–water partition coefficient (Wildman–Crippen LogP) is 7.13. The van der Waals surface area contributed by atoms with E-state index >= 15 is 0 Å². The average molecular weight is 520 g/mol. The van der Waals surface area contributed by atoms with E-state index in [0.717, 1.165) is 5.56 Å². The van der Waals surface area contributed by atoms with E-state index in [-0.39, 0.29) is 18.3 Å². The maximum absolute atomic E-state index is 13.8. The van der Waals surface area contributed by atoms with Crippen molar-refractivity contribution in [1.82, 2.24) is 0 Å². The van der Waals surface area contributed by atoms with Crippen LogP contribution in [0, 0.1) is 5.82 Å². The first kappa shape index (κ1) is 23.6. The minimum Gasteiger partial charge on any atom is -0.493 e. The molecule has 33 heavy (non-hydrogen) atoms. The molecule has 0 aliphatic carbocycles. The minimum absolute atomic E-state index is 0.0602. The van der Waals surface area contributed by atoms with Crippen LogP contribution < -0.4 is 14.4 Å². The van der Waals surface area contributed by atoms with E-state index < -0.39 is 0 Å². The molecule has 0 saturated carbocycles. The molecule has 4 nitrogen and oxygen atoms in total. The van der Waals surface area contributed by atoms with Crippen molar-refractivity contribution in [2.24, 2.45) is 0 Å². The largest absolute Gasteiger partial charge is 0.493 e. The molecule has 0 N–H and O–H groups in total. The van der Waals surface area contributed by atoms with Gasteiger partial charge in [0.05, 0.1) is 27.7 Å². The molecular weight excluding hydrogens is 504 g/mol. The summed E-state index contributed by atoms with van der Waals surface area (Å²) in [5.41, 5.74) is 1.71. The highest BCUT2D eigenvalue weighted by atomic mass is 35.5. The van der Waals surface area contributed by atoms with Gasteiger partial charge in [-0.3, -0.25) is 9.69 Å². The number of benzene rings is 3. The lowest BCUT2D eigenvalue weighted by Gasteiger charge is -2.15. The van der Waals surface area contributed by atoms with Crippen LogP contribution in [-0.2, 0) is 11.4 Å². The lowest BCUT2D eigenvalue weighted by atomic mass is 10.1. The van der Waals surface area contributed by atoms with E-state index in [1.807, 2.05) is 0 Å². The fraction of sp³-hybridized carbons (Fsp3) is 0.0833. The molecule has 0 unspecified atom stereocenters. The Kier molecular flexibility index (Phi) is 7.24. The van der Waals surface area contributed by atoms with Crippen molar-refractivity contribution in [3.63, 3.8) is 0 Å². The predicted molar refractivity (Wildman–Crippen MR) is 136 cm³/mol. The number of ether oxygens (including phenoxy) is 2. The van der Waals surface area contributed by atoms with E-state index in [9.17, 15) is 9.18 Å². The molecule has 1 amide bonds. The Morgan fingerprint density at radius 2 is 1.85 bits per heavy atom. The topological polar surface area (TPSA) is 38.8 Å². The van der Waals surface area contributed by atoms with Gasteiger partial charge in [0.2, 0.25) is 0 Å². The number of carbonyl (C=O) groups is 1. The number of hydrogen-bond acceptors (Lipinski definition) is 5. The van der Waals surface area contributed by atoms with Crippen LogP contribution in [0.2, 0.25) is 10.0 Å². The second-order valence-corrected chi connectivity index (χ2v) is 9.40. The Bertz CT molecular complexity index is 1280. The third kappa shape index (κ3) is 5.17. The summed E-state index contributed by atoms with van der Waals surface area (Å²) in [5, 5.41) is 0.730. The zero-order chi connectivity index (χ0) is 23.5. The molecular formula is C24H16Cl2FNO3S2. The summed E-state index contributed by atoms with van der Waals surface area (Å²) in [6.07, 6.45) is 1.72. The molecule has 168 valence electrons. The van der Waals surface area contributed by atoms with Gasteiger partial charge in [-0.05, 0) is 48.0 Å². The van der Waals surface area contributed by atoms with Crippen molar-refractivity contribution in [2.75, 3.05) is 12.0 Å². The maximum Gasteiger partial charge on any atom is 0.270 e. The van der Waals surface area contributed by atoms with Crippen LogP contribution in [0.1, 0.15) is 11.1 Å². The van der Waals surface area contributed by atoms with E-state index in [0.29, 0.717) is 42.0 Å². The van der Waals surface area contributed by atoms with Crippen molar-refractivity contribution >= 4 is 69.2 Å². The van der Waals surface area contributed by atoms with E-state index in [1.165, 1.54) is 29.8 Å². The van der Waals surface area contributed by atoms with Crippen LogP contribution in [0.5, 0.6) is 11.5 Å².